The Kier molecular flexibility index (Phi) is 6.59. The van der Waals surface area contributed by atoms with E-state index < -0.39 is 41.2 Å². The topological polar surface area (TPSA) is 58.6 Å². The van der Waals surface area contributed by atoms with Crippen LogP contribution in [0.15, 0.2) is 36.4 Å². The molecule has 32 heavy (non-hydrogen) atoms. The zero-order valence-electron chi connectivity index (χ0n) is 16.1. The van der Waals surface area contributed by atoms with E-state index in [0.29, 0.717) is 25.2 Å². The monoisotopic (exact) mass is 480 g/mol. The molecule has 1 saturated heterocycles. The first-order valence-corrected chi connectivity index (χ1v) is 9.59. The van der Waals surface area contributed by atoms with Gasteiger partial charge in [0.2, 0.25) is 0 Å². The first-order chi connectivity index (χ1) is 14.8. The fourth-order valence-electron chi connectivity index (χ4n) is 3.05. The van der Waals surface area contributed by atoms with Crippen molar-refractivity contribution >= 4 is 29.3 Å². The molecule has 12 heteroatoms. The van der Waals surface area contributed by atoms with E-state index in [1.807, 2.05) is 5.32 Å². The lowest BCUT2D eigenvalue weighted by Crippen LogP contribution is -2.31. The number of ether oxygens (including phenoxy) is 1. The van der Waals surface area contributed by atoms with E-state index in [1.54, 1.807) is 0 Å². The van der Waals surface area contributed by atoms with Crippen molar-refractivity contribution in [3.05, 3.63) is 58.1 Å². The van der Waals surface area contributed by atoms with Gasteiger partial charge >= 0.3 is 18.4 Å². The molecule has 1 heterocycles. The number of benzene rings is 2. The standard InChI is InChI=1S/C20H15ClF6N2O3/c21-13-3-4-16(32-18(31)29-5-1-2-6-29)15(10-13)17(30)28-14-8-11(19(22,23)24)7-12(9-14)20(25,26)27/h3-4,7-10H,1-2,5-6H2,(H,28,30). The van der Waals surface area contributed by atoms with Crippen LogP contribution in [-0.4, -0.2) is 30.0 Å². The van der Waals surface area contributed by atoms with Crippen LogP contribution in [0.3, 0.4) is 0 Å². The van der Waals surface area contributed by atoms with Gasteiger partial charge in [0.05, 0.1) is 16.7 Å². The van der Waals surface area contributed by atoms with Crippen molar-refractivity contribution in [1.82, 2.24) is 4.90 Å². The normalized spacial score (nSPS) is 14.4. The predicted molar refractivity (Wildman–Crippen MR) is 103 cm³/mol. The van der Waals surface area contributed by atoms with Gasteiger partial charge in [-0.2, -0.15) is 26.3 Å². The first kappa shape index (κ1) is 23.7. The molecular weight excluding hydrogens is 466 g/mol. The molecule has 2 aromatic carbocycles. The Labute approximate surface area is 182 Å². The minimum atomic E-state index is -5.08. The van der Waals surface area contributed by atoms with Crippen LogP contribution < -0.4 is 10.1 Å². The molecule has 0 bridgehead atoms. The van der Waals surface area contributed by atoms with Gasteiger partial charge in [-0.25, -0.2) is 4.79 Å². The lowest BCUT2D eigenvalue weighted by Gasteiger charge is -2.17. The number of hydrogen-bond donors (Lipinski definition) is 1. The number of anilines is 1. The molecule has 0 unspecified atom stereocenters. The average Bonchev–Trinajstić information content (AvgIpc) is 3.22. The average molecular weight is 481 g/mol. The van der Waals surface area contributed by atoms with Crippen molar-refractivity contribution < 1.29 is 40.7 Å². The van der Waals surface area contributed by atoms with Crippen LogP contribution in [0.4, 0.5) is 36.8 Å². The van der Waals surface area contributed by atoms with Gasteiger partial charge in [0.15, 0.2) is 0 Å². The summed E-state index contributed by atoms with van der Waals surface area (Å²) in [7, 11) is 0. The molecule has 3 rings (SSSR count). The number of nitrogens with one attached hydrogen (secondary N) is 1. The molecule has 2 aromatic rings. The van der Waals surface area contributed by atoms with Crippen LogP contribution in [0.1, 0.15) is 34.3 Å². The largest absolute Gasteiger partial charge is 0.416 e. The number of hydrogen-bond acceptors (Lipinski definition) is 3. The van der Waals surface area contributed by atoms with E-state index >= 15 is 0 Å². The first-order valence-electron chi connectivity index (χ1n) is 9.22. The minimum Gasteiger partial charge on any atom is -0.409 e. The van der Waals surface area contributed by atoms with E-state index in [0.717, 1.165) is 18.9 Å². The lowest BCUT2D eigenvalue weighted by atomic mass is 10.1. The maximum atomic E-state index is 13.0. The number of carbonyl (C=O) groups excluding carboxylic acids is 2. The number of rotatable bonds is 3. The summed E-state index contributed by atoms with van der Waals surface area (Å²) in [6.45, 7) is 0.914. The lowest BCUT2D eigenvalue weighted by molar-refractivity contribution is -0.143. The Morgan fingerprint density at radius 3 is 2.00 bits per heavy atom. The minimum absolute atomic E-state index is 0.0381. The fraction of sp³-hybridized carbons (Fsp3) is 0.300. The molecule has 1 N–H and O–H groups in total. The van der Waals surface area contributed by atoms with Crippen molar-refractivity contribution in [2.24, 2.45) is 0 Å². The van der Waals surface area contributed by atoms with Gasteiger partial charge in [-0.1, -0.05) is 11.6 Å². The molecule has 172 valence electrons. The van der Waals surface area contributed by atoms with Crippen LogP contribution in [0, 0.1) is 0 Å². The third-order valence-corrected chi connectivity index (χ3v) is 4.83. The Morgan fingerprint density at radius 1 is 0.906 bits per heavy atom. The summed E-state index contributed by atoms with van der Waals surface area (Å²) >= 11 is 5.87. The van der Waals surface area contributed by atoms with Gasteiger partial charge in [-0.15, -0.1) is 0 Å². The zero-order chi connectivity index (χ0) is 23.7. The van der Waals surface area contributed by atoms with Crippen LogP contribution >= 0.6 is 11.6 Å². The third kappa shape index (κ3) is 5.64. The number of amides is 2. The number of alkyl halides is 6. The summed E-state index contributed by atoms with van der Waals surface area (Å²) < 4.78 is 83.5. The van der Waals surface area contributed by atoms with Crippen molar-refractivity contribution in [2.75, 3.05) is 18.4 Å². The number of halogens is 7. The molecular formula is C20H15ClF6N2O3. The molecule has 0 saturated carbocycles. The number of nitrogens with zero attached hydrogens (tertiary/aromatic N) is 1. The highest BCUT2D eigenvalue weighted by atomic mass is 35.5. The SMILES string of the molecule is O=C(Nc1cc(C(F)(F)F)cc(C(F)(F)F)c1)c1cc(Cl)ccc1OC(=O)N1CCCC1. The zero-order valence-corrected chi connectivity index (χ0v) is 16.9. The molecule has 1 fully saturated rings. The van der Waals surface area contributed by atoms with E-state index in [2.05, 4.69) is 0 Å². The molecule has 5 nitrogen and oxygen atoms in total. The molecule has 0 aliphatic carbocycles. The number of carbonyl (C=O) groups is 2. The Morgan fingerprint density at radius 2 is 1.47 bits per heavy atom. The summed E-state index contributed by atoms with van der Waals surface area (Å²) in [4.78, 5) is 26.3. The molecule has 0 aromatic heterocycles. The maximum Gasteiger partial charge on any atom is 0.416 e. The Bertz CT molecular complexity index is 1000. The van der Waals surface area contributed by atoms with Gasteiger partial charge in [0.25, 0.3) is 5.91 Å². The second-order valence-electron chi connectivity index (χ2n) is 6.95. The maximum absolute atomic E-state index is 13.0. The third-order valence-electron chi connectivity index (χ3n) is 4.59. The second kappa shape index (κ2) is 8.89. The van der Waals surface area contributed by atoms with Gasteiger partial charge in [-0.3, -0.25) is 4.79 Å². The molecule has 0 radical (unpaired) electrons. The fourth-order valence-corrected chi connectivity index (χ4v) is 3.22. The highest BCUT2D eigenvalue weighted by molar-refractivity contribution is 6.31. The summed E-state index contributed by atoms with van der Waals surface area (Å²) in [5.41, 5.74) is -4.26. The van der Waals surface area contributed by atoms with Crippen LogP contribution in [0.2, 0.25) is 5.02 Å². The highest BCUT2D eigenvalue weighted by Gasteiger charge is 2.37. The molecule has 1 aliphatic rings. The van der Waals surface area contributed by atoms with Crippen molar-refractivity contribution in [3.63, 3.8) is 0 Å². The quantitative estimate of drug-likeness (QED) is 0.530. The van der Waals surface area contributed by atoms with E-state index in [9.17, 15) is 35.9 Å². The second-order valence-corrected chi connectivity index (χ2v) is 7.39. The molecule has 2 amide bonds. The van der Waals surface area contributed by atoms with Crippen molar-refractivity contribution in [1.29, 1.82) is 0 Å². The van der Waals surface area contributed by atoms with Gasteiger partial charge in [0.1, 0.15) is 5.75 Å². The highest BCUT2D eigenvalue weighted by Crippen LogP contribution is 2.38. The van der Waals surface area contributed by atoms with Gasteiger partial charge < -0.3 is 15.0 Å². The van der Waals surface area contributed by atoms with Gasteiger partial charge in [-0.05, 0) is 49.2 Å². The molecule has 0 atom stereocenters. The van der Waals surface area contributed by atoms with E-state index in [-0.39, 0.29) is 22.4 Å². The van der Waals surface area contributed by atoms with Crippen LogP contribution in [0.5, 0.6) is 5.75 Å². The smallest absolute Gasteiger partial charge is 0.409 e. The summed E-state index contributed by atoms with van der Waals surface area (Å²) in [5, 5.41) is 2.03. The molecule has 0 spiro atoms. The van der Waals surface area contributed by atoms with Gasteiger partial charge in [0, 0.05) is 23.8 Å². The van der Waals surface area contributed by atoms with E-state index in [1.165, 1.54) is 17.0 Å². The Hall–Kier alpha value is -2.95. The van der Waals surface area contributed by atoms with Crippen LogP contribution in [-0.2, 0) is 12.4 Å². The summed E-state index contributed by atoms with van der Waals surface area (Å²) in [6.07, 6.45) is -9.34. The summed E-state index contributed by atoms with van der Waals surface area (Å²) in [6, 6.07) is 4.29. The predicted octanol–water partition coefficient (Wildman–Crippen LogP) is 6.22. The van der Waals surface area contributed by atoms with Crippen molar-refractivity contribution in [2.45, 2.75) is 25.2 Å². The molecule has 1 aliphatic heterocycles. The number of likely N-dealkylation sites (tertiary alicyclic amines) is 1. The summed E-state index contributed by atoms with van der Waals surface area (Å²) in [5.74, 6) is -1.35. The van der Waals surface area contributed by atoms with E-state index in [4.69, 9.17) is 16.3 Å². The van der Waals surface area contributed by atoms with Crippen molar-refractivity contribution in [3.8, 4) is 5.75 Å². The Balaban J connectivity index is 1.91. The van der Waals surface area contributed by atoms with Crippen LogP contribution in [0.25, 0.3) is 0 Å².